The number of thiazole rings is 1. The highest BCUT2D eigenvalue weighted by Crippen LogP contribution is 2.51. The predicted molar refractivity (Wildman–Crippen MR) is 82.7 cm³/mol. The van der Waals surface area contributed by atoms with Crippen LogP contribution in [0.1, 0.15) is 75.9 Å². The molecule has 2 unspecified atom stereocenters. The van der Waals surface area contributed by atoms with Crippen LogP contribution in [0.3, 0.4) is 0 Å². The molecular formula is C16H26N2OS. The minimum absolute atomic E-state index is 0.223. The molecule has 1 aromatic heterocycles. The Morgan fingerprint density at radius 2 is 1.95 bits per heavy atom. The lowest BCUT2D eigenvalue weighted by Gasteiger charge is -2.35. The Labute approximate surface area is 125 Å². The quantitative estimate of drug-likeness (QED) is 0.851. The Hall–Kier alpha value is -0.450. The second-order valence-electron chi connectivity index (χ2n) is 7.68. The molecule has 3 nitrogen and oxygen atoms in total. The van der Waals surface area contributed by atoms with Gasteiger partial charge in [0.2, 0.25) is 0 Å². The fraction of sp³-hybridized carbons (Fsp3) is 0.812. The van der Waals surface area contributed by atoms with Crippen LogP contribution in [0, 0.1) is 5.92 Å². The molecule has 1 fully saturated rings. The monoisotopic (exact) mass is 294 g/mol. The summed E-state index contributed by atoms with van der Waals surface area (Å²) < 4.78 is 6.15. The minimum Gasteiger partial charge on any atom is -0.358 e. The van der Waals surface area contributed by atoms with E-state index < -0.39 is 0 Å². The Morgan fingerprint density at radius 3 is 2.55 bits per heavy atom. The van der Waals surface area contributed by atoms with Crippen molar-refractivity contribution < 1.29 is 4.74 Å². The smallest absolute Gasteiger partial charge is 0.113 e. The van der Waals surface area contributed by atoms with Crippen LogP contribution in [0.5, 0.6) is 0 Å². The number of nitrogens with zero attached hydrogens (tertiary/aromatic N) is 1. The molecule has 0 amide bonds. The van der Waals surface area contributed by atoms with Gasteiger partial charge in [0.25, 0.3) is 0 Å². The van der Waals surface area contributed by atoms with Crippen LogP contribution < -0.4 is 5.73 Å². The Kier molecular flexibility index (Phi) is 3.10. The first-order valence-electron chi connectivity index (χ1n) is 7.65. The number of fused-ring (bicyclic) bond motifs is 1. The average Bonchev–Trinajstić information content (AvgIpc) is 2.79. The number of ether oxygens (including phenoxy) is 1. The van der Waals surface area contributed by atoms with E-state index in [1.165, 1.54) is 17.7 Å². The molecule has 0 aromatic carbocycles. The highest BCUT2D eigenvalue weighted by molar-refractivity contribution is 7.12. The topological polar surface area (TPSA) is 48.1 Å². The van der Waals surface area contributed by atoms with Crippen molar-refractivity contribution in [3.8, 4) is 0 Å². The van der Waals surface area contributed by atoms with Crippen LogP contribution in [0.2, 0.25) is 0 Å². The van der Waals surface area contributed by atoms with E-state index in [1.807, 2.05) is 0 Å². The van der Waals surface area contributed by atoms with Crippen LogP contribution in [-0.2, 0) is 21.5 Å². The molecule has 0 radical (unpaired) electrons. The summed E-state index contributed by atoms with van der Waals surface area (Å²) in [6, 6.07) is 0. The lowest BCUT2D eigenvalue weighted by Crippen LogP contribution is -2.41. The average molecular weight is 294 g/mol. The van der Waals surface area contributed by atoms with Gasteiger partial charge >= 0.3 is 0 Å². The molecule has 1 aromatic rings. The Balaban J connectivity index is 2.02. The van der Waals surface area contributed by atoms with Crippen LogP contribution in [0.25, 0.3) is 0 Å². The zero-order valence-electron chi connectivity index (χ0n) is 13.2. The van der Waals surface area contributed by atoms with Crippen LogP contribution in [-0.4, -0.2) is 4.98 Å². The molecule has 4 heteroatoms. The molecular weight excluding hydrogens is 268 g/mol. The largest absolute Gasteiger partial charge is 0.358 e. The van der Waals surface area contributed by atoms with Crippen molar-refractivity contribution >= 4 is 11.3 Å². The molecule has 2 N–H and O–H groups in total. The molecule has 3 rings (SSSR count). The standard InChI is InChI=1S/C16H26N2OS/c1-10-7-6-8-16(17,9-10)13-18-11-12(20-13)15(4,5)19-14(11,2)3/h10H,6-9,17H2,1-5H3. The molecule has 2 heterocycles. The van der Waals surface area contributed by atoms with Gasteiger partial charge in [-0.1, -0.05) is 19.8 Å². The van der Waals surface area contributed by atoms with E-state index in [0.717, 1.165) is 23.5 Å². The third kappa shape index (κ3) is 2.13. The van der Waals surface area contributed by atoms with Gasteiger partial charge in [-0.3, -0.25) is 0 Å². The molecule has 2 aliphatic rings. The fourth-order valence-electron chi connectivity index (χ4n) is 3.87. The zero-order valence-corrected chi connectivity index (χ0v) is 14.1. The maximum atomic E-state index is 6.72. The summed E-state index contributed by atoms with van der Waals surface area (Å²) >= 11 is 1.78. The van der Waals surface area contributed by atoms with Crippen molar-refractivity contribution in [1.29, 1.82) is 0 Å². The predicted octanol–water partition coefficient (Wildman–Crippen LogP) is 4.01. The van der Waals surface area contributed by atoms with E-state index in [9.17, 15) is 0 Å². The van der Waals surface area contributed by atoms with Gasteiger partial charge in [0.1, 0.15) is 10.6 Å². The number of hydrogen-bond acceptors (Lipinski definition) is 4. The normalized spacial score (nSPS) is 35.0. The summed E-state index contributed by atoms with van der Waals surface area (Å²) in [4.78, 5) is 6.20. The third-order valence-corrected chi connectivity index (χ3v) is 6.29. The van der Waals surface area contributed by atoms with Crippen LogP contribution in [0.15, 0.2) is 0 Å². The van der Waals surface area contributed by atoms with Crippen molar-refractivity contribution in [2.75, 3.05) is 0 Å². The summed E-state index contributed by atoms with van der Waals surface area (Å²) in [7, 11) is 0. The van der Waals surface area contributed by atoms with Gasteiger partial charge < -0.3 is 10.5 Å². The van der Waals surface area contributed by atoms with Gasteiger partial charge in [-0.25, -0.2) is 4.98 Å². The van der Waals surface area contributed by atoms with E-state index in [-0.39, 0.29) is 16.7 Å². The van der Waals surface area contributed by atoms with E-state index in [2.05, 4.69) is 34.6 Å². The summed E-state index contributed by atoms with van der Waals surface area (Å²) in [6.45, 7) is 10.8. The highest BCUT2D eigenvalue weighted by atomic mass is 32.1. The lowest BCUT2D eigenvalue weighted by molar-refractivity contribution is -0.105. The SMILES string of the molecule is CC1CCCC(N)(c2nc3c(s2)C(C)(C)OC3(C)C)C1. The molecule has 20 heavy (non-hydrogen) atoms. The number of aromatic nitrogens is 1. The van der Waals surface area contributed by atoms with Crippen molar-refractivity contribution in [3.05, 3.63) is 15.6 Å². The van der Waals surface area contributed by atoms with E-state index >= 15 is 0 Å². The first-order valence-corrected chi connectivity index (χ1v) is 8.47. The second kappa shape index (κ2) is 4.28. The molecule has 1 aliphatic heterocycles. The lowest BCUT2D eigenvalue weighted by atomic mass is 9.77. The third-order valence-electron chi connectivity index (χ3n) is 4.71. The first kappa shape index (κ1) is 14.5. The molecule has 0 bridgehead atoms. The first-order chi connectivity index (χ1) is 9.14. The van der Waals surface area contributed by atoms with Gasteiger partial charge in [0, 0.05) is 0 Å². The van der Waals surface area contributed by atoms with Crippen molar-refractivity contribution in [2.24, 2.45) is 11.7 Å². The minimum atomic E-state index is -0.301. The van der Waals surface area contributed by atoms with Crippen molar-refractivity contribution in [3.63, 3.8) is 0 Å². The zero-order chi connectivity index (χ0) is 14.8. The molecule has 1 aliphatic carbocycles. The van der Waals surface area contributed by atoms with E-state index in [4.69, 9.17) is 15.5 Å². The number of hydrogen-bond donors (Lipinski definition) is 1. The summed E-state index contributed by atoms with van der Waals surface area (Å²) in [5.41, 5.74) is 7.05. The van der Waals surface area contributed by atoms with Gasteiger partial charge in [-0.15, -0.1) is 11.3 Å². The molecule has 0 saturated heterocycles. The number of nitrogens with two attached hydrogens (primary N) is 1. The Morgan fingerprint density at radius 1 is 1.25 bits per heavy atom. The van der Waals surface area contributed by atoms with Gasteiger partial charge in [0.05, 0.1) is 21.7 Å². The van der Waals surface area contributed by atoms with Crippen LogP contribution in [0.4, 0.5) is 0 Å². The highest BCUT2D eigenvalue weighted by Gasteiger charge is 2.48. The molecule has 1 saturated carbocycles. The number of rotatable bonds is 1. The van der Waals surface area contributed by atoms with E-state index in [1.54, 1.807) is 11.3 Å². The molecule has 0 spiro atoms. The van der Waals surface area contributed by atoms with E-state index in [0.29, 0.717) is 5.92 Å². The fourth-order valence-corrected chi connectivity index (χ4v) is 5.26. The van der Waals surface area contributed by atoms with Crippen molar-refractivity contribution in [2.45, 2.75) is 77.0 Å². The van der Waals surface area contributed by atoms with Crippen molar-refractivity contribution in [1.82, 2.24) is 4.98 Å². The maximum Gasteiger partial charge on any atom is 0.113 e. The van der Waals surface area contributed by atoms with Gasteiger partial charge in [0.15, 0.2) is 0 Å². The summed E-state index contributed by atoms with van der Waals surface area (Å²) in [5.74, 6) is 0.699. The molecule has 2 atom stereocenters. The van der Waals surface area contributed by atoms with Gasteiger partial charge in [-0.2, -0.15) is 0 Å². The Bertz CT molecular complexity index is 503. The second-order valence-corrected chi connectivity index (χ2v) is 8.68. The maximum absolute atomic E-state index is 6.72. The van der Waals surface area contributed by atoms with Gasteiger partial charge in [-0.05, 0) is 46.5 Å². The summed E-state index contributed by atoms with van der Waals surface area (Å²) in [5, 5.41) is 1.12. The molecule has 112 valence electrons. The summed E-state index contributed by atoms with van der Waals surface area (Å²) in [6.07, 6.45) is 4.63. The van der Waals surface area contributed by atoms with Crippen LogP contribution >= 0.6 is 11.3 Å².